The van der Waals surface area contributed by atoms with Crippen LogP contribution in [0.4, 0.5) is 10.1 Å². The fourth-order valence-corrected chi connectivity index (χ4v) is 2.05. The smallest absolute Gasteiger partial charge is 0.232 e. The fourth-order valence-electron chi connectivity index (χ4n) is 1.42. The maximum atomic E-state index is 13.6. The summed E-state index contributed by atoms with van der Waals surface area (Å²) < 4.78 is 38.8. The van der Waals surface area contributed by atoms with E-state index in [1.54, 1.807) is 13.0 Å². The monoisotopic (exact) mass is 259 g/mol. The molecular weight excluding hydrogens is 241 g/mol. The molecule has 0 aliphatic rings. The molecule has 0 aromatic heterocycles. The van der Waals surface area contributed by atoms with Gasteiger partial charge in [-0.3, -0.25) is 4.72 Å². The van der Waals surface area contributed by atoms with Crippen LogP contribution in [0, 0.1) is 5.82 Å². The lowest BCUT2D eigenvalue weighted by molar-refractivity contribution is 0.523. The average molecular weight is 259 g/mol. The lowest BCUT2D eigenvalue weighted by Gasteiger charge is -2.20. The first-order valence-electron chi connectivity index (χ1n) is 5.46. The van der Waals surface area contributed by atoms with Crippen molar-refractivity contribution in [3.8, 4) is 0 Å². The van der Waals surface area contributed by atoms with Crippen LogP contribution < -0.4 is 4.72 Å². The molecule has 0 bridgehead atoms. The minimum Gasteiger partial charge on any atom is -0.284 e. The number of hydrogen-bond donors (Lipinski definition) is 1. The number of hydrogen-bond acceptors (Lipinski definition) is 2. The van der Waals surface area contributed by atoms with Crippen LogP contribution in [-0.4, -0.2) is 14.2 Å². The van der Waals surface area contributed by atoms with Gasteiger partial charge in [0.15, 0.2) is 0 Å². The molecule has 0 saturated heterocycles. The van der Waals surface area contributed by atoms with Crippen LogP contribution in [0.1, 0.15) is 33.3 Å². The van der Waals surface area contributed by atoms with Gasteiger partial charge in [0, 0.05) is 5.69 Å². The molecule has 0 aliphatic carbocycles. The molecule has 96 valence electrons. The predicted octanol–water partition coefficient (Wildman–Crippen LogP) is 2.88. The van der Waals surface area contributed by atoms with Crippen LogP contribution in [0.15, 0.2) is 18.2 Å². The second kappa shape index (κ2) is 4.64. The Morgan fingerprint density at radius 3 is 2.35 bits per heavy atom. The maximum Gasteiger partial charge on any atom is 0.232 e. The first-order valence-corrected chi connectivity index (χ1v) is 7.11. The zero-order valence-electron chi connectivity index (χ0n) is 10.5. The molecule has 1 rings (SSSR count). The van der Waals surface area contributed by atoms with E-state index in [0.29, 0.717) is 11.3 Å². The second-order valence-electron chi connectivity index (χ2n) is 4.95. The van der Waals surface area contributed by atoms with Gasteiger partial charge in [0.2, 0.25) is 10.0 Å². The van der Waals surface area contributed by atoms with Gasteiger partial charge in [-0.25, -0.2) is 12.8 Å². The Balaban J connectivity index is 3.14. The molecular formula is C12H18FNO2S. The van der Waals surface area contributed by atoms with E-state index >= 15 is 0 Å². The van der Waals surface area contributed by atoms with Crippen LogP contribution in [0.3, 0.4) is 0 Å². The molecule has 0 aliphatic heterocycles. The number of sulfonamides is 1. The van der Waals surface area contributed by atoms with Crippen molar-refractivity contribution in [2.24, 2.45) is 0 Å². The normalized spacial score (nSPS) is 12.5. The van der Waals surface area contributed by atoms with Crippen molar-refractivity contribution in [1.29, 1.82) is 0 Å². The van der Waals surface area contributed by atoms with Gasteiger partial charge in [0.25, 0.3) is 0 Å². The van der Waals surface area contributed by atoms with Crippen LogP contribution in [-0.2, 0) is 15.4 Å². The Morgan fingerprint density at radius 1 is 1.29 bits per heavy atom. The second-order valence-corrected chi connectivity index (χ2v) is 6.96. The number of rotatable bonds is 3. The highest BCUT2D eigenvalue weighted by Crippen LogP contribution is 2.27. The van der Waals surface area contributed by atoms with Crippen LogP contribution >= 0.6 is 0 Å². The van der Waals surface area contributed by atoms with Crippen molar-refractivity contribution in [1.82, 2.24) is 0 Å². The third-order valence-electron chi connectivity index (χ3n) is 2.43. The molecule has 0 unspecified atom stereocenters. The minimum absolute atomic E-state index is 0.00473. The zero-order valence-corrected chi connectivity index (χ0v) is 11.4. The number of nitrogens with one attached hydrogen (secondary N) is 1. The van der Waals surface area contributed by atoms with Gasteiger partial charge < -0.3 is 0 Å². The molecule has 17 heavy (non-hydrogen) atoms. The minimum atomic E-state index is -3.32. The van der Waals surface area contributed by atoms with Gasteiger partial charge >= 0.3 is 0 Å². The van der Waals surface area contributed by atoms with Crippen LogP contribution in [0.2, 0.25) is 0 Å². The lowest BCUT2D eigenvalue weighted by Crippen LogP contribution is -2.17. The summed E-state index contributed by atoms with van der Waals surface area (Å²) >= 11 is 0. The van der Waals surface area contributed by atoms with Gasteiger partial charge in [-0.2, -0.15) is 0 Å². The molecule has 0 radical (unpaired) electrons. The van der Waals surface area contributed by atoms with Gasteiger partial charge in [-0.05, 0) is 36.1 Å². The summed E-state index contributed by atoms with van der Waals surface area (Å²) in [5.74, 6) is -0.327. The Morgan fingerprint density at radius 2 is 1.88 bits per heavy atom. The molecule has 0 saturated carbocycles. The summed E-state index contributed by atoms with van der Waals surface area (Å²) in [5.41, 5.74) is 0.532. The molecule has 1 N–H and O–H groups in total. The number of anilines is 1. The molecule has 0 atom stereocenters. The Kier molecular flexibility index (Phi) is 3.81. The van der Waals surface area contributed by atoms with E-state index in [2.05, 4.69) is 4.72 Å². The van der Waals surface area contributed by atoms with Crippen molar-refractivity contribution >= 4 is 15.7 Å². The third-order valence-corrected chi connectivity index (χ3v) is 3.73. The quantitative estimate of drug-likeness (QED) is 0.907. The SMILES string of the molecule is CCS(=O)(=O)Nc1ccc(F)c(C(C)(C)C)c1. The topological polar surface area (TPSA) is 46.2 Å². The largest absolute Gasteiger partial charge is 0.284 e. The van der Waals surface area contributed by atoms with E-state index in [0.717, 1.165) is 0 Å². The highest BCUT2D eigenvalue weighted by Gasteiger charge is 2.19. The number of halogens is 1. The molecule has 5 heteroatoms. The molecule has 3 nitrogen and oxygen atoms in total. The highest BCUT2D eigenvalue weighted by molar-refractivity contribution is 7.92. The first kappa shape index (κ1) is 14.0. The van der Waals surface area contributed by atoms with Crippen molar-refractivity contribution in [2.45, 2.75) is 33.1 Å². The number of benzene rings is 1. The van der Waals surface area contributed by atoms with Gasteiger partial charge in [0.1, 0.15) is 5.82 Å². The lowest BCUT2D eigenvalue weighted by atomic mass is 9.86. The first-order chi connectivity index (χ1) is 7.65. The van der Waals surface area contributed by atoms with E-state index in [1.807, 2.05) is 20.8 Å². The molecule has 0 spiro atoms. The Hall–Kier alpha value is -1.10. The van der Waals surface area contributed by atoms with Gasteiger partial charge in [-0.15, -0.1) is 0 Å². The van der Waals surface area contributed by atoms with Crippen LogP contribution in [0.25, 0.3) is 0 Å². The third kappa shape index (κ3) is 3.70. The van der Waals surface area contributed by atoms with E-state index < -0.39 is 10.0 Å². The summed E-state index contributed by atoms with van der Waals surface area (Å²) in [6, 6.07) is 4.26. The predicted molar refractivity (Wildman–Crippen MR) is 68.2 cm³/mol. The summed E-state index contributed by atoms with van der Waals surface area (Å²) in [6.45, 7) is 7.19. The molecule has 1 aromatic carbocycles. The van der Waals surface area contributed by atoms with Crippen molar-refractivity contribution < 1.29 is 12.8 Å². The molecule has 0 amide bonds. The Labute approximate surface area is 102 Å². The summed E-state index contributed by atoms with van der Waals surface area (Å²) in [7, 11) is -3.32. The van der Waals surface area contributed by atoms with E-state index in [-0.39, 0.29) is 17.0 Å². The average Bonchev–Trinajstić information content (AvgIpc) is 2.19. The van der Waals surface area contributed by atoms with E-state index in [1.165, 1.54) is 12.1 Å². The highest BCUT2D eigenvalue weighted by atomic mass is 32.2. The molecule has 0 fully saturated rings. The molecule has 1 aromatic rings. The van der Waals surface area contributed by atoms with Crippen molar-refractivity contribution in [3.63, 3.8) is 0 Å². The van der Waals surface area contributed by atoms with E-state index in [9.17, 15) is 12.8 Å². The summed E-state index contributed by atoms with van der Waals surface area (Å²) in [6.07, 6.45) is 0. The summed E-state index contributed by atoms with van der Waals surface area (Å²) in [5, 5.41) is 0. The Bertz CT molecular complexity index is 504. The van der Waals surface area contributed by atoms with Gasteiger partial charge in [-0.1, -0.05) is 20.8 Å². The van der Waals surface area contributed by atoms with Crippen LogP contribution in [0.5, 0.6) is 0 Å². The van der Waals surface area contributed by atoms with Crippen molar-refractivity contribution in [3.05, 3.63) is 29.6 Å². The standard InChI is InChI=1S/C12H18FNO2S/c1-5-17(15,16)14-9-6-7-11(13)10(8-9)12(2,3)4/h6-8,14H,5H2,1-4H3. The maximum absolute atomic E-state index is 13.6. The molecule has 0 heterocycles. The zero-order chi connectivity index (χ0) is 13.3. The summed E-state index contributed by atoms with van der Waals surface area (Å²) in [4.78, 5) is 0. The van der Waals surface area contributed by atoms with E-state index in [4.69, 9.17) is 0 Å². The van der Waals surface area contributed by atoms with Crippen molar-refractivity contribution in [2.75, 3.05) is 10.5 Å². The fraction of sp³-hybridized carbons (Fsp3) is 0.500. The van der Waals surface area contributed by atoms with Gasteiger partial charge in [0.05, 0.1) is 5.75 Å².